The minimum absolute atomic E-state index is 0.000930. The molecule has 27 heavy (non-hydrogen) atoms. The molecule has 2 rings (SSSR count). The van der Waals surface area contributed by atoms with E-state index in [4.69, 9.17) is 4.74 Å². The standard InChI is InChI=1S/C20H34N4O3/c1-4-6-7-16(5-2)14-21-18(25)9-8-17-15(3)22-20(23-19(17)26)24-10-12-27-13-11-24/h16H,4-14H2,1-3H3,(H,21,25)(H,22,23,26). The third kappa shape index (κ3) is 6.65. The van der Waals surface area contributed by atoms with E-state index in [0.717, 1.165) is 32.5 Å². The van der Waals surface area contributed by atoms with Crippen LogP contribution in [0.1, 0.15) is 57.2 Å². The molecule has 7 heteroatoms. The molecule has 1 aliphatic rings. The van der Waals surface area contributed by atoms with E-state index >= 15 is 0 Å². The summed E-state index contributed by atoms with van der Waals surface area (Å²) in [7, 11) is 0. The van der Waals surface area contributed by atoms with E-state index in [9.17, 15) is 9.59 Å². The van der Waals surface area contributed by atoms with E-state index in [1.165, 1.54) is 12.8 Å². The number of morpholine rings is 1. The first-order chi connectivity index (χ1) is 13.0. The zero-order valence-corrected chi connectivity index (χ0v) is 17.0. The maximum absolute atomic E-state index is 12.5. The Balaban J connectivity index is 1.87. The second kappa shape index (κ2) is 11.1. The van der Waals surface area contributed by atoms with Crippen LogP contribution in [0.3, 0.4) is 0 Å². The number of hydrogen-bond donors (Lipinski definition) is 2. The van der Waals surface area contributed by atoms with Crippen molar-refractivity contribution in [1.82, 2.24) is 15.3 Å². The fourth-order valence-electron chi connectivity index (χ4n) is 3.34. The third-order valence-corrected chi connectivity index (χ3v) is 5.25. The van der Waals surface area contributed by atoms with Crippen LogP contribution in [0.2, 0.25) is 0 Å². The van der Waals surface area contributed by atoms with Crippen LogP contribution in [-0.4, -0.2) is 48.7 Å². The molecule has 0 radical (unpaired) electrons. The Hall–Kier alpha value is -1.89. The summed E-state index contributed by atoms with van der Waals surface area (Å²) in [6, 6.07) is 0. The summed E-state index contributed by atoms with van der Waals surface area (Å²) < 4.78 is 5.33. The first kappa shape index (κ1) is 21.4. The van der Waals surface area contributed by atoms with E-state index in [1.807, 2.05) is 11.8 Å². The van der Waals surface area contributed by atoms with Crippen LogP contribution < -0.4 is 15.8 Å². The lowest BCUT2D eigenvalue weighted by Crippen LogP contribution is -2.38. The average molecular weight is 379 g/mol. The number of rotatable bonds is 10. The molecule has 0 aliphatic carbocycles. The van der Waals surface area contributed by atoms with Crippen molar-refractivity contribution in [2.45, 2.75) is 59.3 Å². The molecule has 1 unspecified atom stereocenters. The molecule has 7 nitrogen and oxygen atoms in total. The number of unbranched alkanes of at least 4 members (excludes halogenated alkanes) is 1. The van der Waals surface area contributed by atoms with E-state index < -0.39 is 0 Å². The molecule has 2 heterocycles. The van der Waals surface area contributed by atoms with Gasteiger partial charge in [-0.25, -0.2) is 4.98 Å². The molecule has 0 spiro atoms. The highest BCUT2D eigenvalue weighted by Gasteiger charge is 2.17. The van der Waals surface area contributed by atoms with Gasteiger partial charge in [0.05, 0.1) is 13.2 Å². The zero-order chi connectivity index (χ0) is 19.6. The Morgan fingerprint density at radius 1 is 1.33 bits per heavy atom. The van der Waals surface area contributed by atoms with Gasteiger partial charge in [0.25, 0.3) is 5.56 Å². The van der Waals surface area contributed by atoms with Crippen LogP contribution in [0.4, 0.5) is 5.95 Å². The smallest absolute Gasteiger partial charge is 0.255 e. The van der Waals surface area contributed by atoms with Crippen molar-refractivity contribution in [2.24, 2.45) is 5.92 Å². The third-order valence-electron chi connectivity index (χ3n) is 5.25. The van der Waals surface area contributed by atoms with Crippen LogP contribution in [0.15, 0.2) is 4.79 Å². The van der Waals surface area contributed by atoms with Crippen molar-refractivity contribution < 1.29 is 9.53 Å². The summed E-state index contributed by atoms with van der Waals surface area (Å²) in [5, 5.41) is 3.02. The largest absolute Gasteiger partial charge is 0.378 e. The molecule has 0 saturated carbocycles. The van der Waals surface area contributed by atoms with Gasteiger partial charge in [-0.3, -0.25) is 14.6 Å². The van der Waals surface area contributed by atoms with Gasteiger partial charge in [-0.1, -0.05) is 33.1 Å². The van der Waals surface area contributed by atoms with Crippen LogP contribution in [0.5, 0.6) is 0 Å². The highest BCUT2D eigenvalue weighted by molar-refractivity contribution is 5.76. The van der Waals surface area contributed by atoms with Crippen molar-refractivity contribution in [3.63, 3.8) is 0 Å². The number of H-pyrrole nitrogens is 1. The maximum Gasteiger partial charge on any atom is 0.255 e. The topological polar surface area (TPSA) is 87.3 Å². The van der Waals surface area contributed by atoms with Gasteiger partial charge < -0.3 is 15.0 Å². The molecule has 0 aromatic carbocycles. The summed E-state index contributed by atoms with van der Waals surface area (Å²) in [5.74, 6) is 1.13. The fourth-order valence-corrected chi connectivity index (χ4v) is 3.34. The normalized spacial score (nSPS) is 15.6. The summed E-state index contributed by atoms with van der Waals surface area (Å²) in [4.78, 5) is 34.1. The van der Waals surface area contributed by atoms with Gasteiger partial charge in [-0.15, -0.1) is 0 Å². The molecule has 0 bridgehead atoms. The van der Waals surface area contributed by atoms with Gasteiger partial charge in [-0.2, -0.15) is 0 Å². The number of aromatic nitrogens is 2. The van der Waals surface area contributed by atoms with Gasteiger partial charge in [-0.05, 0) is 25.7 Å². The Bertz CT molecular complexity index is 653. The minimum Gasteiger partial charge on any atom is -0.378 e. The number of amides is 1. The molecule has 1 atom stereocenters. The molecule has 152 valence electrons. The lowest BCUT2D eigenvalue weighted by molar-refractivity contribution is -0.121. The van der Waals surface area contributed by atoms with Gasteiger partial charge >= 0.3 is 0 Å². The molecular formula is C20H34N4O3. The van der Waals surface area contributed by atoms with E-state index in [-0.39, 0.29) is 11.5 Å². The maximum atomic E-state index is 12.5. The summed E-state index contributed by atoms with van der Waals surface area (Å²) in [6.07, 6.45) is 5.33. The molecule has 1 aromatic rings. The molecular weight excluding hydrogens is 344 g/mol. The second-order valence-corrected chi connectivity index (χ2v) is 7.27. The summed E-state index contributed by atoms with van der Waals surface area (Å²) >= 11 is 0. The van der Waals surface area contributed by atoms with Crippen molar-refractivity contribution in [1.29, 1.82) is 0 Å². The minimum atomic E-state index is -0.147. The van der Waals surface area contributed by atoms with Gasteiger partial charge in [0, 0.05) is 37.3 Å². The second-order valence-electron chi connectivity index (χ2n) is 7.27. The summed E-state index contributed by atoms with van der Waals surface area (Å²) in [6.45, 7) is 9.63. The number of ether oxygens (including phenoxy) is 1. The van der Waals surface area contributed by atoms with Gasteiger partial charge in [0.1, 0.15) is 0 Å². The van der Waals surface area contributed by atoms with E-state index in [1.54, 1.807) is 0 Å². The number of nitrogens with zero attached hydrogens (tertiary/aromatic N) is 2. The fraction of sp³-hybridized carbons (Fsp3) is 0.750. The first-order valence-corrected chi connectivity index (χ1v) is 10.2. The van der Waals surface area contributed by atoms with E-state index in [0.29, 0.717) is 49.2 Å². The quantitative estimate of drug-likeness (QED) is 0.652. The monoisotopic (exact) mass is 378 g/mol. The number of carbonyl (C=O) groups is 1. The van der Waals surface area contributed by atoms with Crippen LogP contribution in [-0.2, 0) is 16.0 Å². The first-order valence-electron chi connectivity index (χ1n) is 10.2. The highest BCUT2D eigenvalue weighted by atomic mass is 16.5. The van der Waals surface area contributed by atoms with Crippen molar-refractivity contribution >= 4 is 11.9 Å². The van der Waals surface area contributed by atoms with Crippen molar-refractivity contribution in [3.05, 3.63) is 21.6 Å². The molecule has 1 fully saturated rings. The van der Waals surface area contributed by atoms with Crippen molar-refractivity contribution in [3.8, 4) is 0 Å². The number of hydrogen-bond acceptors (Lipinski definition) is 5. The lowest BCUT2D eigenvalue weighted by Gasteiger charge is -2.27. The number of aromatic amines is 1. The molecule has 1 amide bonds. The predicted molar refractivity (Wildman–Crippen MR) is 107 cm³/mol. The number of aryl methyl sites for hydroxylation is 1. The number of carbonyl (C=O) groups excluding carboxylic acids is 1. The molecule has 1 saturated heterocycles. The Morgan fingerprint density at radius 3 is 2.70 bits per heavy atom. The molecule has 1 aliphatic heterocycles. The Kier molecular flexibility index (Phi) is 8.78. The van der Waals surface area contributed by atoms with Crippen LogP contribution >= 0.6 is 0 Å². The highest BCUT2D eigenvalue weighted by Crippen LogP contribution is 2.13. The lowest BCUT2D eigenvalue weighted by atomic mass is 9.99. The SMILES string of the molecule is CCCCC(CC)CNC(=O)CCc1c(C)nc(N2CCOCC2)[nH]c1=O. The van der Waals surface area contributed by atoms with Crippen LogP contribution in [0, 0.1) is 12.8 Å². The zero-order valence-electron chi connectivity index (χ0n) is 17.0. The summed E-state index contributed by atoms with van der Waals surface area (Å²) in [5.41, 5.74) is 1.15. The average Bonchev–Trinajstić information content (AvgIpc) is 2.68. The number of anilines is 1. The van der Waals surface area contributed by atoms with Crippen molar-refractivity contribution in [2.75, 3.05) is 37.7 Å². The van der Waals surface area contributed by atoms with E-state index in [2.05, 4.69) is 29.1 Å². The molecule has 1 aromatic heterocycles. The van der Waals surface area contributed by atoms with Gasteiger partial charge in [0.2, 0.25) is 11.9 Å². The predicted octanol–water partition coefficient (Wildman–Crippen LogP) is 2.18. The van der Waals surface area contributed by atoms with Gasteiger partial charge in [0.15, 0.2) is 0 Å². The Morgan fingerprint density at radius 2 is 2.07 bits per heavy atom. The number of nitrogens with one attached hydrogen (secondary N) is 2. The van der Waals surface area contributed by atoms with Crippen LogP contribution in [0.25, 0.3) is 0 Å². The Labute approximate surface area is 161 Å². The molecule has 2 N–H and O–H groups in total.